The summed E-state index contributed by atoms with van der Waals surface area (Å²) in [4.78, 5) is 40.3. The minimum absolute atomic E-state index is 0.0564. The molecule has 0 bridgehead atoms. The van der Waals surface area contributed by atoms with Crippen molar-refractivity contribution in [3.8, 4) is 0 Å². The highest BCUT2D eigenvalue weighted by Gasteiger charge is 2.36. The van der Waals surface area contributed by atoms with Crippen molar-refractivity contribution in [3.63, 3.8) is 0 Å². The minimum atomic E-state index is -0.451. The molecule has 0 aliphatic carbocycles. The summed E-state index contributed by atoms with van der Waals surface area (Å²) in [5.41, 5.74) is 9.86. The van der Waals surface area contributed by atoms with Gasteiger partial charge in [0.1, 0.15) is 0 Å². The van der Waals surface area contributed by atoms with Gasteiger partial charge in [-0.2, -0.15) is 0 Å². The average molecular weight is 379 g/mol. The van der Waals surface area contributed by atoms with Crippen molar-refractivity contribution in [3.05, 3.63) is 69.8 Å². The van der Waals surface area contributed by atoms with Crippen molar-refractivity contribution in [1.29, 1.82) is 0 Å². The number of hydrogen-bond donors (Lipinski definition) is 1. The van der Waals surface area contributed by atoms with Gasteiger partial charge in [-0.3, -0.25) is 19.3 Å². The summed E-state index contributed by atoms with van der Waals surface area (Å²) in [5, 5.41) is 0. The van der Waals surface area contributed by atoms with Crippen LogP contribution >= 0.6 is 0 Å². The van der Waals surface area contributed by atoms with Crippen molar-refractivity contribution in [1.82, 2.24) is 9.80 Å². The highest BCUT2D eigenvalue weighted by molar-refractivity contribution is 6.21. The molecule has 0 aromatic heterocycles. The zero-order valence-corrected chi connectivity index (χ0v) is 16.7. The molecule has 3 rings (SSSR count). The molecule has 1 aliphatic heterocycles. The molecule has 2 aromatic rings. The fourth-order valence-electron chi connectivity index (χ4n) is 3.72. The van der Waals surface area contributed by atoms with Gasteiger partial charge in [0.2, 0.25) is 5.91 Å². The zero-order valence-electron chi connectivity index (χ0n) is 16.7. The van der Waals surface area contributed by atoms with Crippen molar-refractivity contribution in [2.45, 2.75) is 26.3 Å². The molecule has 0 saturated heterocycles. The number of primary amides is 1. The van der Waals surface area contributed by atoms with E-state index in [1.165, 1.54) is 4.90 Å². The Kier molecular flexibility index (Phi) is 5.34. The van der Waals surface area contributed by atoms with Gasteiger partial charge in [-0.05, 0) is 75.3 Å². The highest BCUT2D eigenvalue weighted by atomic mass is 16.2. The number of carbonyl (C=O) groups excluding carboxylic acids is 3. The second-order valence-electron chi connectivity index (χ2n) is 7.54. The van der Waals surface area contributed by atoms with Gasteiger partial charge in [0.15, 0.2) is 0 Å². The van der Waals surface area contributed by atoms with Gasteiger partial charge >= 0.3 is 0 Å². The third-order valence-corrected chi connectivity index (χ3v) is 5.42. The maximum absolute atomic E-state index is 12.7. The van der Waals surface area contributed by atoms with Crippen LogP contribution in [0, 0.1) is 13.8 Å². The largest absolute Gasteiger partial charge is 0.366 e. The van der Waals surface area contributed by atoms with Gasteiger partial charge in [-0.1, -0.05) is 12.1 Å². The first-order chi connectivity index (χ1) is 13.2. The standard InChI is InChI=1S/C22H25N3O3/c1-13-9-15(20(23)26)10-14(2)19(13)11-16(24(3)4)12-25-21(27)17-7-5-6-8-18(17)22(25)28/h5-10,16H,11-12H2,1-4H3,(H2,23,26). The molecule has 0 fully saturated rings. The van der Waals surface area contributed by atoms with Gasteiger partial charge in [-0.15, -0.1) is 0 Å². The van der Waals surface area contributed by atoms with Gasteiger partial charge in [-0.25, -0.2) is 0 Å². The number of rotatable bonds is 6. The van der Waals surface area contributed by atoms with Crippen LogP contribution in [0.2, 0.25) is 0 Å². The van der Waals surface area contributed by atoms with Crippen LogP contribution in [0.4, 0.5) is 0 Å². The maximum Gasteiger partial charge on any atom is 0.261 e. The van der Waals surface area contributed by atoms with Crippen LogP contribution in [0.1, 0.15) is 47.8 Å². The molecule has 6 heteroatoms. The minimum Gasteiger partial charge on any atom is -0.366 e. The Labute approximate surface area is 164 Å². The monoisotopic (exact) mass is 379 g/mol. The van der Waals surface area contributed by atoms with Crippen LogP contribution in [-0.4, -0.2) is 54.2 Å². The molecule has 2 aromatic carbocycles. The average Bonchev–Trinajstić information content (AvgIpc) is 2.88. The van der Waals surface area contributed by atoms with E-state index in [0.717, 1.165) is 16.7 Å². The van der Waals surface area contributed by atoms with Gasteiger partial charge in [0.25, 0.3) is 11.8 Å². The van der Waals surface area contributed by atoms with E-state index in [-0.39, 0.29) is 17.9 Å². The summed E-state index contributed by atoms with van der Waals surface area (Å²) in [6.07, 6.45) is 0.650. The third-order valence-electron chi connectivity index (χ3n) is 5.42. The summed E-state index contributed by atoms with van der Waals surface area (Å²) < 4.78 is 0. The smallest absolute Gasteiger partial charge is 0.261 e. The molecule has 2 N–H and O–H groups in total. The Morgan fingerprint density at radius 2 is 1.54 bits per heavy atom. The van der Waals surface area contributed by atoms with Crippen molar-refractivity contribution >= 4 is 17.7 Å². The summed E-state index contributed by atoms with van der Waals surface area (Å²) in [7, 11) is 3.87. The van der Waals surface area contributed by atoms with Crippen LogP contribution in [0.15, 0.2) is 36.4 Å². The van der Waals surface area contributed by atoms with Crippen molar-refractivity contribution < 1.29 is 14.4 Å². The molecule has 28 heavy (non-hydrogen) atoms. The number of nitrogens with zero attached hydrogens (tertiary/aromatic N) is 2. The molecule has 0 saturated carbocycles. The Balaban J connectivity index is 1.86. The predicted molar refractivity (Wildman–Crippen MR) is 107 cm³/mol. The molecule has 1 heterocycles. The lowest BCUT2D eigenvalue weighted by molar-refractivity contribution is 0.0611. The van der Waals surface area contributed by atoms with E-state index in [1.54, 1.807) is 36.4 Å². The number of aryl methyl sites for hydroxylation is 2. The van der Waals surface area contributed by atoms with E-state index in [0.29, 0.717) is 29.7 Å². The number of nitrogens with two attached hydrogens (primary N) is 1. The quantitative estimate of drug-likeness (QED) is 0.780. The number of hydrogen-bond acceptors (Lipinski definition) is 4. The van der Waals surface area contributed by atoms with E-state index in [9.17, 15) is 14.4 Å². The number of imide groups is 1. The van der Waals surface area contributed by atoms with E-state index >= 15 is 0 Å². The lowest BCUT2D eigenvalue weighted by atomic mass is 9.93. The third kappa shape index (κ3) is 3.55. The fraction of sp³-hybridized carbons (Fsp3) is 0.318. The van der Waals surface area contributed by atoms with Crippen LogP contribution in [0.3, 0.4) is 0 Å². The van der Waals surface area contributed by atoms with E-state index in [2.05, 4.69) is 0 Å². The molecular weight excluding hydrogens is 354 g/mol. The number of carbonyl (C=O) groups is 3. The highest BCUT2D eigenvalue weighted by Crippen LogP contribution is 2.25. The molecule has 6 nitrogen and oxygen atoms in total. The van der Waals surface area contributed by atoms with Crippen molar-refractivity contribution in [2.24, 2.45) is 5.73 Å². The second-order valence-corrected chi connectivity index (χ2v) is 7.54. The number of likely N-dealkylation sites (N-methyl/N-ethyl adjacent to an activating group) is 1. The molecule has 3 amide bonds. The summed E-state index contributed by atoms with van der Waals surface area (Å²) in [6, 6.07) is 10.4. The van der Waals surface area contributed by atoms with E-state index < -0.39 is 5.91 Å². The van der Waals surface area contributed by atoms with Crippen molar-refractivity contribution in [2.75, 3.05) is 20.6 Å². The van der Waals surface area contributed by atoms with Crippen LogP contribution < -0.4 is 5.73 Å². The first kappa shape index (κ1) is 19.8. The molecule has 1 aliphatic rings. The molecule has 0 spiro atoms. The SMILES string of the molecule is Cc1cc(C(N)=O)cc(C)c1CC(CN1C(=O)c2ccccc2C1=O)N(C)C. The Morgan fingerprint density at radius 3 is 1.96 bits per heavy atom. The summed E-state index contributed by atoms with van der Waals surface area (Å²) in [5.74, 6) is -0.942. The topological polar surface area (TPSA) is 83.7 Å². The predicted octanol–water partition coefficient (Wildman–Crippen LogP) is 2.17. The van der Waals surface area contributed by atoms with Crippen LogP contribution in [0.25, 0.3) is 0 Å². The zero-order chi connectivity index (χ0) is 20.6. The first-order valence-corrected chi connectivity index (χ1v) is 9.22. The normalized spacial score (nSPS) is 14.5. The second kappa shape index (κ2) is 7.56. The van der Waals surface area contributed by atoms with Gasteiger partial charge < -0.3 is 10.6 Å². The number of benzene rings is 2. The summed E-state index contributed by atoms with van der Waals surface area (Å²) in [6.45, 7) is 4.20. The maximum atomic E-state index is 12.7. The molecular formula is C22H25N3O3. The molecule has 1 atom stereocenters. The molecule has 0 radical (unpaired) electrons. The van der Waals surface area contributed by atoms with Crippen LogP contribution in [-0.2, 0) is 6.42 Å². The summed E-state index contributed by atoms with van der Waals surface area (Å²) >= 11 is 0. The Hall–Kier alpha value is -2.99. The van der Waals surface area contributed by atoms with Gasteiger partial charge in [0, 0.05) is 18.2 Å². The Bertz CT molecular complexity index is 907. The Morgan fingerprint density at radius 1 is 1.04 bits per heavy atom. The number of amides is 3. The lowest BCUT2D eigenvalue weighted by Crippen LogP contribution is -2.44. The fourth-order valence-corrected chi connectivity index (χ4v) is 3.72. The van der Waals surface area contributed by atoms with E-state index in [1.807, 2.05) is 32.8 Å². The number of fused-ring (bicyclic) bond motifs is 1. The molecule has 1 unspecified atom stereocenters. The lowest BCUT2D eigenvalue weighted by Gasteiger charge is -2.29. The van der Waals surface area contributed by atoms with E-state index in [4.69, 9.17) is 5.73 Å². The molecule has 146 valence electrons. The first-order valence-electron chi connectivity index (χ1n) is 9.22. The van der Waals surface area contributed by atoms with Gasteiger partial charge in [0.05, 0.1) is 11.1 Å². The van der Waals surface area contributed by atoms with Crippen LogP contribution in [0.5, 0.6) is 0 Å².